The quantitative estimate of drug-likeness (QED) is 0.833. The number of carbonyl (C=O) groups excluding carboxylic acids is 1. The zero-order valence-electron chi connectivity index (χ0n) is 13.6. The second-order valence-electron chi connectivity index (χ2n) is 6.71. The van der Waals surface area contributed by atoms with Gasteiger partial charge in [-0.1, -0.05) is 18.2 Å². The highest BCUT2D eigenvalue weighted by Crippen LogP contribution is 2.34. The number of hydrogen-bond acceptors (Lipinski definition) is 2. The summed E-state index contributed by atoms with van der Waals surface area (Å²) in [5.41, 5.74) is 1.52. The van der Waals surface area contributed by atoms with Crippen molar-refractivity contribution in [2.45, 2.75) is 37.9 Å². The van der Waals surface area contributed by atoms with Gasteiger partial charge in [-0.3, -0.25) is 9.48 Å². The molecule has 25 heavy (non-hydrogen) atoms. The fraction of sp³-hybridized carbons (Fsp3) is 0.444. The van der Waals surface area contributed by atoms with E-state index in [0.29, 0.717) is 30.8 Å². The minimum Gasteiger partial charge on any atom is -0.337 e. The zero-order chi connectivity index (χ0) is 17.6. The zero-order valence-corrected chi connectivity index (χ0v) is 13.6. The summed E-state index contributed by atoms with van der Waals surface area (Å²) in [5.74, 6) is -0.197. The molecule has 0 radical (unpaired) electrons. The molecule has 4 nitrogen and oxygen atoms in total. The summed E-state index contributed by atoms with van der Waals surface area (Å²) in [6.07, 6.45) is -1.69. The number of alkyl halides is 3. The first-order valence-corrected chi connectivity index (χ1v) is 8.45. The highest BCUT2D eigenvalue weighted by molar-refractivity contribution is 5.92. The average Bonchev–Trinajstić information content (AvgIpc) is 3.29. The molecule has 0 saturated carbocycles. The van der Waals surface area contributed by atoms with Gasteiger partial charge < -0.3 is 4.90 Å². The van der Waals surface area contributed by atoms with E-state index in [1.165, 1.54) is 12.1 Å². The highest BCUT2D eigenvalue weighted by atomic mass is 19.4. The van der Waals surface area contributed by atoms with Crippen LogP contribution in [0.2, 0.25) is 0 Å². The normalized spacial score (nSPS) is 20.1. The third kappa shape index (κ3) is 3.03. The predicted molar refractivity (Wildman–Crippen MR) is 85.3 cm³/mol. The molecular weight excluding hydrogens is 331 g/mol. The third-order valence-electron chi connectivity index (χ3n) is 5.05. The number of aryl methyl sites for hydroxylation is 2. The lowest BCUT2D eigenvalue weighted by Gasteiger charge is -2.16. The van der Waals surface area contributed by atoms with Crippen LogP contribution in [0.5, 0.6) is 0 Å². The number of carbonyl (C=O) groups is 1. The van der Waals surface area contributed by atoms with Crippen LogP contribution < -0.4 is 0 Å². The van der Waals surface area contributed by atoms with Gasteiger partial charge in [-0.15, -0.1) is 0 Å². The van der Waals surface area contributed by atoms with Gasteiger partial charge in [-0.05, 0) is 37.0 Å². The minimum atomic E-state index is -4.35. The van der Waals surface area contributed by atoms with Gasteiger partial charge in [0.2, 0.25) is 0 Å². The molecule has 7 heteroatoms. The molecule has 1 unspecified atom stereocenters. The van der Waals surface area contributed by atoms with Crippen molar-refractivity contribution >= 4 is 5.91 Å². The largest absolute Gasteiger partial charge is 0.416 e. The Morgan fingerprint density at radius 2 is 2.04 bits per heavy atom. The molecule has 3 heterocycles. The number of nitrogens with zero attached hydrogens (tertiary/aromatic N) is 3. The first-order valence-electron chi connectivity index (χ1n) is 8.45. The van der Waals surface area contributed by atoms with Crippen LogP contribution in [0.1, 0.15) is 46.1 Å². The summed E-state index contributed by atoms with van der Waals surface area (Å²) < 4.78 is 40.5. The Kier molecular flexibility index (Phi) is 3.81. The van der Waals surface area contributed by atoms with Gasteiger partial charge in [-0.25, -0.2) is 0 Å². The van der Waals surface area contributed by atoms with Crippen molar-refractivity contribution in [3.63, 3.8) is 0 Å². The van der Waals surface area contributed by atoms with Crippen molar-refractivity contribution in [1.82, 2.24) is 14.7 Å². The maximum atomic E-state index is 12.9. The number of likely N-dealkylation sites (tertiary alicyclic amines) is 1. The molecule has 0 bridgehead atoms. The van der Waals surface area contributed by atoms with Crippen molar-refractivity contribution < 1.29 is 18.0 Å². The molecule has 1 aromatic heterocycles. The third-order valence-corrected chi connectivity index (χ3v) is 5.05. The van der Waals surface area contributed by atoms with Crippen LogP contribution in [-0.2, 0) is 19.1 Å². The second-order valence-corrected chi connectivity index (χ2v) is 6.71. The summed E-state index contributed by atoms with van der Waals surface area (Å²) >= 11 is 0. The van der Waals surface area contributed by atoms with Crippen LogP contribution >= 0.6 is 0 Å². The molecule has 2 aromatic rings. The van der Waals surface area contributed by atoms with E-state index in [1.54, 1.807) is 11.0 Å². The Balaban J connectivity index is 1.48. The molecule has 132 valence electrons. The van der Waals surface area contributed by atoms with Gasteiger partial charge in [0.15, 0.2) is 5.69 Å². The summed E-state index contributed by atoms with van der Waals surface area (Å²) in [7, 11) is 0. The molecule has 0 aliphatic carbocycles. The lowest BCUT2D eigenvalue weighted by molar-refractivity contribution is -0.137. The molecule has 1 saturated heterocycles. The van der Waals surface area contributed by atoms with Crippen LogP contribution in [0.15, 0.2) is 30.3 Å². The fourth-order valence-corrected chi connectivity index (χ4v) is 3.71. The molecule has 0 spiro atoms. The molecule has 4 rings (SSSR count). The lowest BCUT2D eigenvalue weighted by Crippen LogP contribution is -2.29. The first kappa shape index (κ1) is 16.2. The fourth-order valence-electron chi connectivity index (χ4n) is 3.71. The topological polar surface area (TPSA) is 38.1 Å². The Morgan fingerprint density at radius 1 is 1.20 bits per heavy atom. The number of hydrogen-bond donors (Lipinski definition) is 0. The van der Waals surface area contributed by atoms with Crippen molar-refractivity contribution in [2.24, 2.45) is 0 Å². The molecule has 1 atom stereocenters. The first-order chi connectivity index (χ1) is 11.9. The maximum absolute atomic E-state index is 12.9. The van der Waals surface area contributed by atoms with Crippen LogP contribution in [0.25, 0.3) is 0 Å². The number of fused-ring (bicyclic) bond motifs is 1. The smallest absolute Gasteiger partial charge is 0.337 e. The Morgan fingerprint density at radius 3 is 2.80 bits per heavy atom. The maximum Gasteiger partial charge on any atom is 0.416 e. The van der Waals surface area contributed by atoms with Crippen molar-refractivity contribution in [3.8, 4) is 0 Å². The van der Waals surface area contributed by atoms with Gasteiger partial charge in [-0.2, -0.15) is 18.3 Å². The Hall–Kier alpha value is -2.31. The second kappa shape index (κ2) is 5.89. The number of rotatable bonds is 2. The monoisotopic (exact) mass is 349 g/mol. The number of benzene rings is 1. The standard InChI is InChI=1S/C18H18F3N3O/c19-18(20,21)14-4-1-3-12(9-14)13-6-8-23(11-13)17(25)16-10-15-5-2-7-24(15)22-16/h1,3-4,9-10,13H,2,5-8,11H2. The lowest BCUT2D eigenvalue weighted by atomic mass is 9.96. The summed E-state index contributed by atoms with van der Waals surface area (Å²) in [6, 6.07) is 7.26. The van der Waals surface area contributed by atoms with Crippen LogP contribution in [0, 0.1) is 0 Å². The summed E-state index contributed by atoms with van der Waals surface area (Å²) in [4.78, 5) is 14.3. The van der Waals surface area contributed by atoms with E-state index >= 15 is 0 Å². The Labute approximate surface area is 143 Å². The van der Waals surface area contributed by atoms with Crippen molar-refractivity contribution in [2.75, 3.05) is 13.1 Å². The average molecular weight is 349 g/mol. The van der Waals surface area contributed by atoms with Crippen molar-refractivity contribution in [1.29, 1.82) is 0 Å². The minimum absolute atomic E-state index is 0.0688. The van der Waals surface area contributed by atoms with Gasteiger partial charge in [0.25, 0.3) is 5.91 Å². The van der Waals surface area contributed by atoms with E-state index < -0.39 is 11.7 Å². The molecule has 1 amide bonds. The van der Waals surface area contributed by atoms with E-state index in [-0.39, 0.29) is 11.8 Å². The highest BCUT2D eigenvalue weighted by Gasteiger charge is 2.33. The molecule has 2 aliphatic rings. The van der Waals surface area contributed by atoms with E-state index in [1.807, 2.05) is 10.7 Å². The van der Waals surface area contributed by atoms with Crippen LogP contribution in [-0.4, -0.2) is 33.7 Å². The predicted octanol–water partition coefficient (Wildman–Crippen LogP) is 3.48. The van der Waals surface area contributed by atoms with Crippen LogP contribution in [0.3, 0.4) is 0 Å². The van der Waals surface area contributed by atoms with E-state index in [0.717, 1.165) is 31.1 Å². The van der Waals surface area contributed by atoms with E-state index in [2.05, 4.69) is 5.10 Å². The van der Waals surface area contributed by atoms with Crippen molar-refractivity contribution in [3.05, 3.63) is 52.8 Å². The molecular formula is C18H18F3N3O. The van der Waals surface area contributed by atoms with Crippen LogP contribution in [0.4, 0.5) is 13.2 Å². The van der Waals surface area contributed by atoms with E-state index in [4.69, 9.17) is 0 Å². The van der Waals surface area contributed by atoms with Gasteiger partial charge in [0, 0.05) is 31.2 Å². The summed E-state index contributed by atoms with van der Waals surface area (Å²) in [6.45, 7) is 1.82. The SMILES string of the molecule is O=C(c1cc2n(n1)CCC2)N1CCC(c2cccc(C(F)(F)F)c2)C1. The van der Waals surface area contributed by atoms with Gasteiger partial charge >= 0.3 is 6.18 Å². The molecule has 1 fully saturated rings. The number of halogens is 3. The molecule has 1 aromatic carbocycles. The van der Waals surface area contributed by atoms with Gasteiger partial charge in [0.1, 0.15) is 0 Å². The molecule has 2 aliphatic heterocycles. The number of aromatic nitrogens is 2. The van der Waals surface area contributed by atoms with Gasteiger partial charge in [0.05, 0.1) is 5.56 Å². The molecule has 0 N–H and O–H groups in total. The number of amides is 1. The summed E-state index contributed by atoms with van der Waals surface area (Å²) in [5, 5.41) is 4.36. The van der Waals surface area contributed by atoms with E-state index in [9.17, 15) is 18.0 Å². The Bertz CT molecular complexity index is 791.